The van der Waals surface area contributed by atoms with Gasteiger partial charge in [-0.3, -0.25) is 4.79 Å². The first-order valence-corrected chi connectivity index (χ1v) is 4.34. The smallest absolute Gasteiger partial charge is 0.168 e. The van der Waals surface area contributed by atoms with Gasteiger partial charge >= 0.3 is 0 Å². The molecule has 0 saturated carbocycles. The van der Waals surface area contributed by atoms with Gasteiger partial charge in [0.2, 0.25) is 0 Å². The molecule has 1 unspecified atom stereocenters. The molecule has 1 rings (SSSR count). The molecule has 4 heteroatoms. The minimum absolute atomic E-state index is 0.109. The number of carbonyl (C=O) groups is 1. The summed E-state index contributed by atoms with van der Waals surface area (Å²) in [5.41, 5.74) is 0.589. The van der Waals surface area contributed by atoms with Crippen LogP contribution in [-0.4, -0.2) is 28.5 Å². The number of rotatable bonds is 5. The zero-order valence-corrected chi connectivity index (χ0v) is 7.93. The largest absolute Gasteiger partial charge is 0.377 e. The summed E-state index contributed by atoms with van der Waals surface area (Å²) in [6.45, 7) is 5.28. The number of imidazole rings is 1. The van der Waals surface area contributed by atoms with Crippen LogP contribution in [0.25, 0.3) is 0 Å². The Balaban J connectivity index is 2.57. The molecule has 0 bridgehead atoms. The Morgan fingerprint density at radius 2 is 2.54 bits per heavy atom. The highest BCUT2D eigenvalue weighted by Crippen LogP contribution is 2.00. The van der Waals surface area contributed by atoms with Crippen molar-refractivity contribution in [3.05, 3.63) is 18.2 Å². The molecule has 72 valence electrons. The van der Waals surface area contributed by atoms with Crippen LogP contribution in [0.2, 0.25) is 0 Å². The Morgan fingerprint density at radius 3 is 3.15 bits per heavy atom. The third kappa shape index (κ3) is 2.66. The quantitative estimate of drug-likeness (QED) is 0.641. The highest BCUT2D eigenvalue weighted by atomic mass is 16.5. The number of nitrogens with zero attached hydrogens (tertiary/aromatic N) is 2. The summed E-state index contributed by atoms with van der Waals surface area (Å²) in [6.07, 6.45) is 4.09. The third-order valence-electron chi connectivity index (χ3n) is 1.77. The molecule has 1 aromatic heterocycles. The minimum Gasteiger partial charge on any atom is -0.377 e. The van der Waals surface area contributed by atoms with E-state index in [-0.39, 0.29) is 6.10 Å². The molecule has 0 radical (unpaired) electrons. The average molecular weight is 182 g/mol. The third-order valence-corrected chi connectivity index (χ3v) is 1.77. The number of hydrogen-bond acceptors (Lipinski definition) is 3. The average Bonchev–Trinajstić information content (AvgIpc) is 2.52. The second-order valence-electron chi connectivity index (χ2n) is 2.85. The highest BCUT2D eigenvalue weighted by molar-refractivity contribution is 5.71. The van der Waals surface area contributed by atoms with E-state index < -0.39 is 0 Å². The van der Waals surface area contributed by atoms with E-state index >= 15 is 0 Å². The van der Waals surface area contributed by atoms with Crippen LogP contribution in [0.15, 0.2) is 12.5 Å². The van der Waals surface area contributed by atoms with E-state index in [1.165, 1.54) is 0 Å². The van der Waals surface area contributed by atoms with Crippen molar-refractivity contribution >= 4 is 6.29 Å². The lowest BCUT2D eigenvalue weighted by molar-refractivity contribution is 0.0635. The van der Waals surface area contributed by atoms with Gasteiger partial charge in [0.15, 0.2) is 6.29 Å². The number of ether oxygens (including phenoxy) is 1. The van der Waals surface area contributed by atoms with E-state index in [4.69, 9.17) is 4.74 Å². The Labute approximate surface area is 77.5 Å². The molecule has 1 aromatic rings. The predicted molar refractivity (Wildman–Crippen MR) is 48.7 cm³/mol. The second-order valence-corrected chi connectivity index (χ2v) is 2.85. The van der Waals surface area contributed by atoms with Gasteiger partial charge < -0.3 is 9.30 Å². The number of aromatic nitrogens is 2. The van der Waals surface area contributed by atoms with Gasteiger partial charge in [-0.1, -0.05) is 0 Å². The maximum Gasteiger partial charge on any atom is 0.168 e. The van der Waals surface area contributed by atoms with Gasteiger partial charge in [-0.15, -0.1) is 0 Å². The van der Waals surface area contributed by atoms with E-state index in [2.05, 4.69) is 4.98 Å². The van der Waals surface area contributed by atoms with Crippen LogP contribution < -0.4 is 0 Å². The summed E-state index contributed by atoms with van der Waals surface area (Å²) in [4.78, 5) is 14.4. The molecule has 0 fully saturated rings. The summed E-state index contributed by atoms with van der Waals surface area (Å²) in [5, 5.41) is 0. The van der Waals surface area contributed by atoms with Crippen molar-refractivity contribution in [3.8, 4) is 0 Å². The maximum atomic E-state index is 10.5. The Bertz CT molecular complexity index is 270. The maximum absolute atomic E-state index is 10.5. The zero-order chi connectivity index (χ0) is 9.68. The van der Waals surface area contributed by atoms with Gasteiger partial charge in [0.25, 0.3) is 0 Å². The molecule has 1 atom stereocenters. The van der Waals surface area contributed by atoms with Crippen molar-refractivity contribution in [2.24, 2.45) is 0 Å². The minimum atomic E-state index is 0.109. The van der Waals surface area contributed by atoms with E-state index in [0.717, 1.165) is 6.29 Å². The topological polar surface area (TPSA) is 44.1 Å². The Hall–Kier alpha value is -1.16. The van der Waals surface area contributed by atoms with Crippen LogP contribution in [0, 0.1) is 0 Å². The molecule has 0 aliphatic rings. The van der Waals surface area contributed by atoms with E-state index in [0.29, 0.717) is 18.8 Å². The molecule has 1 heterocycles. The van der Waals surface area contributed by atoms with Gasteiger partial charge in [-0.2, -0.15) is 0 Å². The molecule has 0 aliphatic heterocycles. The van der Waals surface area contributed by atoms with E-state index in [9.17, 15) is 4.79 Å². The molecule has 0 saturated heterocycles. The van der Waals surface area contributed by atoms with Crippen LogP contribution in [0.3, 0.4) is 0 Å². The zero-order valence-electron chi connectivity index (χ0n) is 7.93. The summed E-state index contributed by atoms with van der Waals surface area (Å²) in [6, 6.07) is 0. The van der Waals surface area contributed by atoms with Crippen molar-refractivity contribution in [2.45, 2.75) is 26.5 Å². The molecule has 0 amide bonds. The predicted octanol–water partition coefficient (Wildman–Crippen LogP) is 1.12. The SMILES string of the molecule is CCOC(C)Cn1cncc1C=O. The molecule has 0 spiro atoms. The van der Waals surface area contributed by atoms with Crippen molar-refractivity contribution in [3.63, 3.8) is 0 Å². The van der Waals surface area contributed by atoms with Crippen molar-refractivity contribution in [1.29, 1.82) is 0 Å². The monoisotopic (exact) mass is 182 g/mol. The number of hydrogen-bond donors (Lipinski definition) is 0. The van der Waals surface area contributed by atoms with Gasteiger partial charge in [-0.05, 0) is 13.8 Å². The van der Waals surface area contributed by atoms with Crippen LogP contribution in [0.4, 0.5) is 0 Å². The normalized spacial score (nSPS) is 12.8. The Kier molecular flexibility index (Phi) is 3.64. The highest BCUT2D eigenvalue weighted by Gasteiger charge is 2.05. The molecule has 4 nitrogen and oxygen atoms in total. The molecule has 0 aromatic carbocycles. The molecular weight excluding hydrogens is 168 g/mol. The molecule has 13 heavy (non-hydrogen) atoms. The van der Waals surface area contributed by atoms with Gasteiger partial charge in [0.1, 0.15) is 5.69 Å². The molecular formula is C9H14N2O2. The first-order valence-electron chi connectivity index (χ1n) is 4.34. The summed E-state index contributed by atoms with van der Waals surface area (Å²) in [7, 11) is 0. The number of carbonyl (C=O) groups excluding carboxylic acids is 1. The lowest BCUT2D eigenvalue weighted by Crippen LogP contribution is -2.17. The first kappa shape index (κ1) is 9.92. The number of aldehydes is 1. The summed E-state index contributed by atoms with van der Waals surface area (Å²) < 4.78 is 7.14. The van der Waals surface area contributed by atoms with Crippen LogP contribution in [0.1, 0.15) is 24.3 Å². The van der Waals surface area contributed by atoms with Crippen molar-refractivity contribution < 1.29 is 9.53 Å². The molecule has 0 aliphatic carbocycles. The fourth-order valence-corrected chi connectivity index (χ4v) is 1.20. The lowest BCUT2D eigenvalue weighted by atomic mass is 10.4. The van der Waals surface area contributed by atoms with Crippen LogP contribution in [0.5, 0.6) is 0 Å². The molecule has 0 N–H and O–H groups in total. The van der Waals surface area contributed by atoms with Crippen molar-refractivity contribution in [1.82, 2.24) is 9.55 Å². The van der Waals surface area contributed by atoms with Crippen LogP contribution >= 0.6 is 0 Å². The van der Waals surface area contributed by atoms with Crippen LogP contribution in [-0.2, 0) is 11.3 Å². The second kappa shape index (κ2) is 4.77. The van der Waals surface area contributed by atoms with Gasteiger partial charge in [0, 0.05) is 6.61 Å². The fraction of sp³-hybridized carbons (Fsp3) is 0.556. The summed E-state index contributed by atoms with van der Waals surface area (Å²) in [5.74, 6) is 0. The fourth-order valence-electron chi connectivity index (χ4n) is 1.20. The first-order chi connectivity index (χ1) is 6.27. The van der Waals surface area contributed by atoms with E-state index in [1.807, 2.05) is 13.8 Å². The van der Waals surface area contributed by atoms with E-state index in [1.54, 1.807) is 17.1 Å². The van der Waals surface area contributed by atoms with Gasteiger partial charge in [-0.25, -0.2) is 4.98 Å². The summed E-state index contributed by atoms with van der Waals surface area (Å²) >= 11 is 0. The Morgan fingerprint density at radius 1 is 1.77 bits per heavy atom. The standard InChI is InChI=1S/C9H14N2O2/c1-3-13-8(2)5-11-7-10-4-9(11)6-12/h4,6-8H,3,5H2,1-2H3. The lowest BCUT2D eigenvalue weighted by Gasteiger charge is -2.12. The van der Waals surface area contributed by atoms with Gasteiger partial charge in [0.05, 0.1) is 25.2 Å². The van der Waals surface area contributed by atoms with Crippen molar-refractivity contribution in [2.75, 3.05) is 6.61 Å².